The van der Waals surface area contributed by atoms with Crippen LogP contribution in [0.4, 0.5) is 4.79 Å². The van der Waals surface area contributed by atoms with Gasteiger partial charge < -0.3 is 26.6 Å². The number of hydrogen-bond donors (Lipinski definition) is 4. The first kappa shape index (κ1) is 15.7. The normalized spacial score (nSPS) is 32.9. The molecular weight excluding hydrogens is 302 g/mol. The van der Waals surface area contributed by atoms with E-state index in [2.05, 4.69) is 16.0 Å². The SMILES string of the molecule is CNC(=O)C(=O)[C@H](CN1CCNC1=O)C12CC1CNC2C(N)=O. The number of nitrogens with two attached hydrogens (primary N) is 1. The number of ketones is 1. The fourth-order valence-electron chi connectivity index (χ4n) is 4.11. The van der Waals surface area contributed by atoms with Crippen LogP contribution in [0, 0.1) is 17.3 Å². The molecule has 2 aliphatic heterocycles. The third kappa shape index (κ3) is 2.35. The van der Waals surface area contributed by atoms with Crippen LogP contribution in [0.1, 0.15) is 6.42 Å². The molecule has 1 saturated carbocycles. The van der Waals surface area contributed by atoms with Gasteiger partial charge in [-0.05, 0) is 18.9 Å². The van der Waals surface area contributed by atoms with Crippen molar-refractivity contribution < 1.29 is 19.2 Å². The minimum absolute atomic E-state index is 0.125. The van der Waals surface area contributed by atoms with E-state index < -0.39 is 35.0 Å². The number of amides is 4. The van der Waals surface area contributed by atoms with Gasteiger partial charge in [-0.15, -0.1) is 0 Å². The van der Waals surface area contributed by atoms with Crippen LogP contribution in [0.3, 0.4) is 0 Å². The molecule has 9 nitrogen and oxygen atoms in total. The third-order valence-corrected chi connectivity index (χ3v) is 5.35. The third-order valence-electron chi connectivity index (χ3n) is 5.35. The summed E-state index contributed by atoms with van der Waals surface area (Å²) >= 11 is 0. The van der Waals surface area contributed by atoms with Gasteiger partial charge in [0.15, 0.2) is 0 Å². The maximum absolute atomic E-state index is 12.6. The highest BCUT2D eigenvalue weighted by molar-refractivity contribution is 6.37. The molecule has 4 amide bonds. The van der Waals surface area contributed by atoms with Gasteiger partial charge in [0.2, 0.25) is 11.7 Å². The van der Waals surface area contributed by atoms with Crippen molar-refractivity contribution in [2.75, 3.05) is 33.2 Å². The molecular formula is C14H21N5O4. The predicted molar refractivity (Wildman–Crippen MR) is 79.1 cm³/mol. The van der Waals surface area contributed by atoms with Crippen LogP contribution in [0.25, 0.3) is 0 Å². The van der Waals surface area contributed by atoms with Crippen molar-refractivity contribution in [1.82, 2.24) is 20.9 Å². The van der Waals surface area contributed by atoms with Crippen LogP contribution in [0.5, 0.6) is 0 Å². The van der Waals surface area contributed by atoms with Crippen LogP contribution < -0.4 is 21.7 Å². The maximum Gasteiger partial charge on any atom is 0.317 e. The Labute approximate surface area is 133 Å². The number of Topliss-reactive ketones (excluding diaryl/α,β-unsaturated/α-hetero) is 1. The van der Waals surface area contributed by atoms with E-state index in [1.165, 1.54) is 11.9 Å². The zero-order valence-electron chi connectivity index (χ0n) is 12.9. The highest BCUT2D eigenvalue weighted by Crippen LogP contribution is 2.63. The molecule has 2 heterocycles. The molecule has 2 saturated heterocycles. The molecule has 0 bridgehead atoms. The summed E-state index contributed by atoms with van der Waals surface area (Å²) in [5.41, 5.74) is 4.82. The van der Waals surface area contributed by atoms with Gasteiger partial charge in [-0.2, -0.15) is 0 Å². The topological polar surface area (TPSA) is 134 Å². The predicted octanol–water partition coefficient (Wildman–Crippen LogP) is -2.59. The Morgan fingerprint density at radius 1 is 1.48 bits per heavy atom. The lowest BCUT2D eigenvalue weighted by Gasteiger charge is -2.31. The largest absolute Gasteiger partial charge is 0.368 e. The number of carbonyl (C=O) groups is 4. The molecule has 126 valence electrons. The number of nitrogens with zero attached hydrogens (tertiary/aromatic N) is 1. The van der Waals surface area contributed by atoms with Crippen molar-refractivity contribution in [1.29, 1.82) is 0 Å². The highest BCUT2D eigenvalue weighted by Gasteiger charge is 2.70. The van der Waals surface area contributed by atoms with E-state index in [1.54, 1.807) is 0 Å². The Balaban J connectivity index is 1.89. The Hall–Kier alpha value is -2.16. The number of likely N-dealkylation sites (N-methyl/N-ethyl adjacent to an activating group) is 1. The van der Waals surface area contributed by atoms with Gasteiger partial charge in [-0.1, -0.05) is 0 Å². The maximum atomic E-state index is 12.6. The monoisotopic (exact) mass is 323 g/mol. The number of primary amides is 1. The summed E-state index contributed by atoms with van der Waals surface area (Å²) in [4.78, 5) is 49.6. The number of carbonyl (C=O) groups excluding carboxylic acids is 4. The number of nitrogens with one attached hydrogen (secondary N) is 3. The molecule has 0 aromatic heterocycles. The summed E-state index contributed by atoms with van der Waals surface area (Å²) in [5, 5.41) is 8.06. The van der Waals surface area contributed by atoms with Crippen molar-refractivity contribution in [3.8, 4) is 0 Å². The molecule has 0 aromatic rings. The Morgan fingerprint density at radius 3 is 2.74 bits per heavy atom. The van der Waals surface area contributed by atoms with E-state index in [0.29, 0.717) is 26.1 Å². The standard InChI is InChI=1S/C14H21N5O4/c1-16-12(22)9(20)8(6-19-3-2-17-13(19)23)14-4-7(14)5-18-10(14)11(15)21/h7-8,10,18H,2-6H2,1H3,(H2,15,21)(H,16,22)(H,17,23)/t7?,8-,10?,14?/m0/s1. The number of fused-ring (bicyclic) bond motifs is 1. The van der Waals surface area contributed by atoms with E-state index >= 15 is 0 Å². The molecule has 1 aliphatic carbocycles. The van der Waals surface area contributed by atoms with Crippen LogP contribution in [0.15, 0.2) is 0 Å². The molecule has 0 radical (unpaired) electrons. The van der Waals surface area contributed by atoms with E-state index in [9.17, 15) is 19.2 Å². The Kier molecular flexibility index (Phi) is 3.75. The first-order chi connectivity index (χ1) is 10.9. The molecule has 3 unspecified atom stereocenters. The molecule has 4 atom stereocenters. The zero-order valence-corrected chi connectivity index (χ0v) is 12.9. The summed E-state index contributed by atoms with van der Waals surface area (Å²) in [6, 6.07) is -0.897. The lowest BCUT2D eigenvalue weighted by molar-refractivity contribution is -0.142. The van der Waals surface area contributed by atoms with Gasteiger partial charge in [0.05, 0.1) is 12.0 Å². The fourth-order valence-corrected chi connectivity index (χ4v) is 4.11. The molecule has 5 N–H and O–H groups in total. The number of rotatable bonds is 6. The molecule has 3 fully saturated rings. The quantitative estimate of drug-likeness (QED) is 0.398. The first-order valence-corrected chi connectivity index (χ1v) is 7.73. The first-order valence-electron chi connectivity index (χ1n) is 7.73. The van der Waals surface area contributed by atoms with Crippen LogP contribution in [-0.2, 0) is 14.4 Å². The fraction of sp³-hybridized carbons (Fsp3) is 0.714. The number of piperidine rings is 1. The summed E-state index contributed by atoms with van der Waals surface area (Å²) in [7, 11) is 1.39. The zero-order chi connectivity index (χ0) is 16.8. The van der Waals surface area contributed by atoms with E-state index in [1.807, 2.05) is 0 Å². The second-order valence-corrected chi connectivity index (χ2v) is 6.43. The van der Waals surface area contributed by atoms with Crippen LogP contribution in [-0.4, -0.2) is 67.8 Å². The lowest BCUT2D eigenvalue weighted by Crippen LogP contribution is -2.53. The average molecular weight is 323 g/mol. The van der Waals surface area contributed by atoms with Crippen LogP contribution >= 0.6 is 0 Å². The summed E-state index contributed by atoms with van der Waals surface area (Å²) in [6.07, 6.45) is 0.663. The highest BCUT2D eigenvalue weighted by atomic mass is 16.2. The molecule has 9 heteroatoms. The molecule has 3 aliphatic rings. The van der Waals surface area contributed by atoms with Crippen molar-refractivity contribution in [3.05, 3.63) is 0 Å². The minimum Gasteiger partial charge on any atom is -0.368 e. The van der Waals surface area contributed by atoms with E-state index in [-0.39, 0.29) is 18.5 Å². The van der Waals surface area contributed by atoms with Gasteiger partial charge >= 0.3 is 6.03 Å². The molecule has 0 spiro atoms. The van der Waals surface area contributed by atoms with Gasteiger partial charge in [-0.3, -0.25) is 14.4 Å². The van der Waals surface area contributed by atoms with Crippen molar-refractivity contribution in [2.24, 2.45) is 23.0 Å². The number of hydrogen-bond acceptors (Lipinski definition) is 5. The smallest absolute Gasteiger partial charge is 0.317 e. The van der Waals surface area contributed by atoms with Crippen LogP contribution in [0.2, 0.25) is 0 Å². The molecule has 3 rings (SSSR count). The van der Waals surface area contributed by atoms with E-state index in [4.69, 9.17) is 5.73 Å². The second-order valence-electron chi connectivity index (χ2n) is 6.43. The van der Waals surface area contributed by atoms with Gasteiger partial charge in [0.25, 0.3) is 5.91 Å². The van der Waals surface area contributed by atoms with Crippen molar-refractivity contribution >= 4 is 23.6 Å². The van der Waals surface area contributed by atoms with E-state index in [0.717, 1.165) is 0 Å². The average Bonchev–Trinajstić information content (AvgIpc) is 2.89. The van der Waals surface area contributed by atoms with Gasteiger partial charge in [-0.25, -0.2) is 4.79 Å². The minimum atomic E-state index is -0.733. The van der Waals surface area contributed by atoms with Crippen molar-refractivity contribution in [2.45, 2.75) is 12.5 Å². The second kappa shape index (κ2) is 5.48. The summed E-state index contributed by atoms with van der Waals surface area (Å²) < 4.78 is 0. The molecule has 0 aromatic carbocycles. The Bertz CT molecular complexity index is 580. The lowest BCUT2D eigenvalue weighted by atomic mass is 9.78. The Morgan fingerprint density at radius 2 is 2.22 bits per heavy atom. The summed E-state index contributed by atoms with van der Waals surface area (Å²) in [6.45, 7) is 1.71. The van der Waals surface area contributed by atoms with Crippen molar-refractivity contribution in [3.63, 3.8) is 0 Å². The molecule has 23 heavy (non-hydrogen) atoms. The van der Waals surface area contributed by atoms with Gasteiger partial charge in [0.1, 0.15) is 0 Å². The van der Waals surface area contributed by atoms with Gasteiger partial charge in [0, 0.05) is 32.1 Å². The summed E-state index contributed by atoms with van der Waals surface area (Å²) in [5.74, 6) is -2.42. The number of urea groups is 1.